The highest BCUT2D eigenvalue weighted by Crippen LogP contribution is 2.39. The van der Waals surface area contributed by atoms with E-state index in [4.69, 9.17) is 4.98 Å². The number of hydrogen-bond donors (Lipinski definition) is 0. The molecule has 3 aromatic carbocycles. The number of pyridine rings is 1. The summed E-state index contributed by atoms with van der Waals surface area (Å²) in [4.78, 5) is 6.41. The first kappa shape index (κ1) is 15.0. The number of benzene rings is 3. The highest BCUT2D eigenvalue weighted by molar-refractivity contribution is 7.98. The third kappa shape index (κ3) is 2.36. The minimum Gasteiger partial charge on any atom is -0.247 e. The number of rotatable bonds is 2. The fraction of sp³-hybridized carbons (Fsp3) is 0.174. The Morgan fingerprint density at radius 2 is 1.64 bits per heavy atom. The van der Waals surface area contributed by atoms with Crippen LogP contribution >= 0.6 is 11.8 Å². The maximum atomic E-state index is 5.12. The zero-order valence-corrected chi connectivity index (χ0v) is 15.1. The van der Waals surface area contributed by atoms with Crippen LogP contribution in [0.4, 0.5) is 0 Å². The number of aryl methyl sites for hydroxylation is 1. The zero-order valence-electron chi connectivity index (χ0n) is 14.3. The molecule has 0 atom stereocenters. The maximum Gasteiger partial charge on any atom is 0.0744 e. The van der Waals surface area contributed by atoms with Crippen LogP contribution in [-0.2, 0) is 12.8 Å². The van der Waals surface area contributed by atoms with Crippen molar-refractivity contribution in [2.75, 3.05) is 6.26 Å². The molecule has 0 bridgehead atoms. The van der Waals surface area contributed by atoms with Gasteiger partial charge in [0.15, 0.2) is 0 Å². The van der Waals surface area contributed by atoms with E-state index in [1.807, 2.05) is 0 Å². The third-order valence-corrected chi connectivity index (χ3v) is 6.05. The van der Waals surface area contributed by atoms with Crippen molar-refractivity contribution in [1.29, 1.82) is 0 Å². The largest absolute Gasteiger partial charge is 0.247 e. The molecule has 0 radical (unpaired) electrons. The average Bonchev–Trinajstić information content (AvgIpc) is 3.17. The van der Waals surface area contributed by atoms with E-state index in [0.717, 1.165) is 18.4 Å². The highest BCUT2D eigenvalue weighted by Gasteiger charge is 2.21. The quantitative estimate of drug-likeness (QED) is 0.315. The van der Waals surface area contributed by atoms with Gasteiger partial charge in [-0.15, -0.1) is 11.8 Å². The first-order valence-corrected chi connectivity index (χ1v) is 10.1. The Labute approximate surface area is 152 Å². The summed E-state index contributed by atoms with van der Waals surface area (Å²) in [5.74, 6) is 0. The third-order valence-electron chi connectivity index (χ3n) is 5.31. The molecule has 0 saturated heterocycles. The topological polar surface area (TPSA) is 12.9 Å². The fourth-order valence-corrected chi connectivity index (χ4v) is 4.54. The summed E-state index contributed by atoms with van der Waals surface area (Å²) < 4.78 is 0. The second-order valence-electron chi connectivity index (χ2n) is 6.68. The molecule has 0 N–H and O–H groups in total. The van der Waals surface area contributed by atoms with Crippen molar-refractivity contribution in [3.8, 4) is 11.3 Å². The lowest BCUT2D eigenvalue weighted by molar-refractivity contribution is 0.913. The number of fused-ring (bicyclic) bond motifs is 5. The molecule has 4 aromatic rings. The van der Waals surface area contributed by atoms with Gasteiger partial charge in [-0.2, -0.15) is 0 Å². The van der Waals surface area contributed by atoms with Crippen molar-refractivity contribution in [2.45, 2.75) is 24.2 Å². The highest BCUT2D eigenvalue weighted by atomic mass is 32.2. The van der Waals surface area contributed by atoms with Gasteiger partial charge < -0.3 is 0 Å². The Kier molecular flexibility index (Phi) is 3.53. The first-order valence-electron chi connectivity index (χ1n) is 8.83. The lowest BCUT2D eigenvalue weighted by Gasteiger charge is -2.14. The normalized spacial score (nSPS) is 13.5. The smallest absolute Gasteiger partial charge is 0.0744 e. The predicted molar refractivity (Wildman–Crippen MR) is 108 cm³/mol. The van der Waals surface area contributed by atoms with Crippen LogP contribution in [0.2, 0.25) is 0 Å². The van der Waals surface area contributed by atoms with E-state index in [9.17, 15) is 0 Å². The molecule has 2 heteroatoms. The monoisotopic (exact) mass is 341 g/mol. The van der Waals surface area contributed by atoms with Gasteiger partial charge in [0.05, 0.1) is 11.2 Å². The van der Waals surface area contributed by atoms with Crippen LogP contribution in [0, 0.1) is 0 Å². The van der Waals surface area contributed by atoms with Crippen molar-refractivity contribution < 1.29 is 0 Å². The maximum absolute atomic E-state index is 5.12. The van der Waals surface area contributed by atoms with Crippen molar-refractivity contribution in [2.24, 2.45) is 0 Å². The molecule has 0 aliphatic heterocycles. The molecule has 0 fully saturated rings. The number of thioether (sulfide) groups is 1. The van der Waals surface area contributed by atoms with Crippen LogP contribution in [0.15, 0.2) is 65.6 Å². The molecular formula is C23H19NS. The molecule has 1 heterocycles. The van der Waals surface area contributed by atoms with Crippen LogP contribution in [0.3, 0.4) is 0 Å². The molecule has 25 heavy (non-hydrogen) atoms. The molecule has 1 aliphatic carbocycles. The van der Waals surface area contributed by atoms with Gasteiger partial charge in [0.2, 0.25) is 0 Å². The summed E-state index contributed by atoms with van der Waals surface area (Å²) in [5.41, 5.74) is 6.53. The summed E-state index contributed by atoms with van der Waals surface area (Å²) in [6.07, 6.45) is 5.65. The van der Waals surface area contributed by atoms with Crippen LogP contribution in [0.25, 0.3) is 32.9 Å². The van der Waals surface area contributed by atoms with Crippen LogP contribution in [0.1, 0.15) is 17.5 Å². The second-order valence-corrected chi connectivity index (χ2v) is 7.56. The molecule has 0 saturated carbocycles. The minimum absolute atomic E-state index is 1.13. The molecule has 1 nitrogen and oxygen atoms in total. The van der Waals surface area contributed by atoms with E-state index in [0.29, 0.717) is 0 Å². The molecule has 0 amide bonds. The standard InChI is InChI=1S/C23H19NS/c1-25-17-12-9-16(10-13-17)23-20-8-4-7-19(20)22-18-6-3-2-5-15(18)11-14-21(22)24-23/h2-3,5-6,9-14H,4,7-8H2,1H3. The van der Waals surface area contributed by atoms with Crippen molar-refractivity contribution in [1.82, 2.24) is 4.98 Å². The lowest BCUT2D eigenvalue weighted by atomic mass is 9.95. The number of hydrogen-bond acceptors (Lipinski definition) is 2. The van der Waals surface area contributed by atoms with E-state index in [1.54, 1.807) is 11.8 Å². The summed E-state index contributed by atoms with van der Waals surface area (Å²) in [6.45, 7) is 0. The van der Waals surface area contributed by atoms with E-state index < -0.39 is 0 Å². The zero-order chi connectivity index (χ0) is 16.8. The van der Waals surface area contributed by atoms with Crippen LogP contribution in [-0.4, -0.2) is 11.2 Å². The van der Waals surface area contributed by atoms with Crippen molar-refractivity contribution in [3.05, 3.63) is 71.8 Å². The molecule has 5 rings (SSSR count). The van der Waals surface area contributed by atoms with Gasteiger partial charge >= 0.3 is 0 Å². The van der Waals surface area contributed by atoms with Gasteiger partial charge in [0.25, 0.3) is 0 Å². The second kappa shape index (κ2) is 5.89. The Balaban J connectivity index is 1.82. The van der Waals surface area contributed by atoms with Crippen LogP contribution in [0.5, 0.6) is 0 Å². The first-order chi connectivity index (χ1) is 12.3. The van der Waals surface area contributed by atoms with Crippen molar-refractivity contribution in [3.63, 3.8) is 0 Å². The van der Waals surface area contributed by atoms with Gasteiger partial charge in [0.1, 0.15) is 0 Å². The summed E-state index contributed by atoms with van der Waals surface area (Å²) in [7, 11) is 0. The predicted octanol–water partition coefficient (Wildman–Crippen LogP) is 6.27. The van der Waals surface area contributed by atoms with Gasteiger partial charge in [-0.05, 0) is 65.6 Å². The summed E-state index contributed by atoms with van der Waals surface area (Å²) in [5, 5.41) is 4.02. The minimum atomic E-state index is 1.13. The van der Waals surface area contributed by atoms with E-state index >= 15 is 0 Å². The molecule has 122 valence electrons. The summed E-state index contributed by atoms with van der Waals surface area (Å²) in [6, 6.07) is 21.9. The van der Waals surface area contributed by atoms with E-state index in [1.165, 1.54) is 49.9 Å². The van der Waals surface area contributed by atoms with Gasteiger partial charge in [-0.3, -0.25) is 0 Å². The SMILES string of the molecule is CSc1ccc(-c2nc3ccc4ccccc4c3c3c2CCC3)cc1. The Bertz CT molecular complexity index is 1100. The van der Waals surface area contributed by atoms with E-state index in [2.05, 4.69) is 66.9 Å². The fourth-order valence-electron chi connectivity index (χ4n) is 4.13. The summed E-state index contributed by atoms with van der Waals surface area (Å²) >= 11 is 1.78. The lowest BCUT2D eigenvalue weighted by Crippen LogP contribution is -1.96. The van der Waals surface area contributed by atoms with Gasteiger partial charge in [-0.25, -0.2) is 4.98 Å². The molecule has 0 spiro atoms. The Morgan fingerprint density at radius 3 is 2.48 bits per heavy atom. The Hall–Kier alpha value is -2.32. The number of nitrogens with zero attached hydrogens (tertiary/aromatic N) is 1. The molecular weight excluding hydrogens is 322 g/mol. The Morgan fingerprint density at radius 1 is 0.840 bits per heavy atom. The molecule has 1 aromatic heterocycles. The van der Waals surface area contributed by atoms with E-state index in [-0.39, 0.29) is 0 Å². The van der Waals surface area contributed by atoms with Gasteiger partial charge in [0, 0.05) is 15.8 Å². The number of aromatic nitrogens is 1. The van der Waals surface area contributed by atoms with Crippen molar-refractivity contribution >= 4 is 33.4 Å². The van der Waals surface area contributed by atoms with Crippen LogP contribution < -0.4 is 0 Å². The van der Waals surface area contributed by atoms with Gasteiger partial charge in [-0.1, -0.05) is 42.5 Å². The molecule has 1 aliphatic rings. The molecule has 0 unspecified atom stereocenters. The average molecular weight is 341 g/mol.